The average molecular weight is 423 g/mol. The van der Waals surface area contributed by atoms with E-state index in [2.05, 4.69) is 25.7 Å². The Labute approximate surface area is 126 Å². The van der Waals surface area contributed by atoms with Crippen molar-refractivity contribution in [2.24, 2.45) is 0 Å². The van der Waals surface area contributed by atoms with Crippen LogP contribution in [0.1, 0.15) is 11.3 Å². The first-order valence-corrected chi connectivity index (χ1v) is 8.06. The molecule has 0 amide bonds. The highest BCUT2D eigenvalue weighted by Gasteiger charge is 2.40. The second-order valence-corrected chi connectivity index (χ2v) is 6.48. The molecule has 0 aliphatic rings. The van der Waals surface area contributed by atoms with Crippen molar-refractivity contribution in [2.45, 2.75) is 22.9 Å². The van der Waals surface area contributed by atoms with E-state index in [4.69, 9.17) is 10.7 Å². The maximum Gasteiger partial charge on any atom is 0.573 e. The van der Waals surface area contributed by atoms with Crippen LogP contribution in [0.3, 0.4) is 0 Å². The summed E-state index contributed by atoms with van der Waals surface area (Å²) in [5.74, 6) is -1.36. The third kappa shape index (κ3) is 4.88. The van der Waals surface area contributed by atoms with Gasteiger partial charge in [-0.25, -0.2) is 13.4 Å². The molecule has 1 aromatic heterocycles. The molecular weight excluding hydrogens is 420 g/mol. The van der Waals surface area contributed by atoms with Crippen molar-refractivity contribution in [2.75, 3.05) is 0 Å². The van der Waals surface area contributed by atoms with E-state index in [9.17, 15) is 34.8 Å². The maximum atomic E-state index is 12.8. The monoisotopic (exact) mass is 421 g/mol. The molecule has 0 aliphatic carbocycles. The number of hydrogen-bond acceptors (Lipinski definition) is 4. The van der Waals surface area contributed by atoms with Gasteiger partial charge in [-0.2, -0.15) is 13.2 Å². The predicted octanol–water partition coefficient (Wildman–Crippen LogP) is 3.82. The minimum Gasteiger partial charge on any atom is -0.405 e. The van der Waals surface area contributed by atoms with Crippen LogP contribution < -0.4 is 4.74 Å². The number of alkyl halides is 7. The van der Waals surface area contributed by atoms with Gasteiger partial charge in [0.25, 0.3) is 9.05 Å². The van der Waals surface area contributed by atoms with E-state index in [0.717, 1.165) is 0 Å². The van der Waals surface area contributed by atoms with Crippen LogP contribution in [0.4, 0.5) is 26.3 Å². The van der Waals surface area contributed by atoms with Crippen molar-refractivity contribution in [3.8, 4) is 5.75 Å². The number of nitrogens with zero attached hydrogens (tertiary/aromatic N) is 1. The van der Waals surface area contributed by atoms with Gasteiger partial charge in [-0.3, -0.25) is 0 Å². The number of ether oxygens (including phenoxy) is 1. The van der Waals surface area contributed by atoms with Crippen molar-refractivity contribution in [1.82, 2.24) is 4.98 Å². The van der Waals surface area contributed by atoms with Crippen molar-refractivity contribution in [1.29, 1.82) is 0 Å². The molecule has 4 nitrogen and oxygen atoms in total. The summed E-state index contributed by atoms with van der Waals surface area (Å²) in [7, 11) is 0.0230. The minimum atomic E-state index is -5.32. The Kier molecular flexibility index (Phi) is 5.05. The normalized spacial score (nSPS) is 13.3. The zero-order valence-corrected chi connectivity index (χ0v) is 12.5. The fourth-order valence-corrected chi connectivity index (χ4v) is 2.46. The van der Waals surface area contributed by atoms with E-state index in [1.165, 1.54) is 0 Å². The number of hydrogen-bond donors (Lipinski definition) is 0. The fourth-order valence-electron chi connectivity index (χ4n) is 1.23. The van der Waals surface area contributed by atoms with E-state index in [0.29, 0.717) is 0 Å². The number of rotatable bonds is 3. The Morgan fingerprint density at radius 3 is 2.10 bits per heavy atom. The van der Waals surface area contributed by atoms with Crippen LogP contribution >= 0.6 is 26.6 Å². The van der Waals surface area contributed by atoms with Gasteiger partial charge < -0.3 is 4.74 Å². The highest BCUT2D eigenvalue weighted by atomic mass is 79.9. The molecule has 13 heteroatoms. The van der Waals surface area contributed by atoms with Crippen molar-refractivity contribution in [3.05, 3.63) is 17.3 Å². The van der Waals surface area contributed by atoms with Crippen molar-refractivity contribution < 1.29 is 39.5 Å². The van der Waals surface area contributed by atoms with Crippen LogP contribution in [-0.4, -0.2) is 19.8 Å². The molecule has 0 bridgehead atoms. The third-order valence-electron chi connectivity index (χ3n) is 1.94. The molecular formula is C8H3BrClF6NO3S. The minimum absolute atomic E-state index is 0.168. The molecule has 21 heavy (non-hydrogen) atoms. The summed E-state index contributed by atoms with van der Waals surface area (Å²) in [6.07, 6.45) is -10.5. The largest absolute Gasteiger partial charge is 0.573 e. The van der Waals surface area contributed by atoms with Crippen LogP contribution in [0.5, 0.6) is 5.75 Å². The summed E-state index contributed by atoms with van der Waals surface area (Å²) >= 11 is 2.56. The highest BCUT2D eigenvalue weighted by molar-refractivity contribution is 9.08. The quantitative estimate of drug-likeness (QED) is 0.422. The standard InChI is InChI=1S/C8H3BrClF6NO3S/c9-2-3-4(20-8(14,15)16)1-5(21(10,18)19)17-6(3)7(11,12)13/h1H,2H2. The van der Waals surface area contributed by atoms with Crippen LogP contribution in [0, 0.1) is 0 Å². The van der Waals surface area contributed by atoms with Gasteiger partial charge in [0.05, 0.1) is 0 Å². The lowest BCUT2D eigenvalue weighted by Crippen LogP contribution is -2.21. The first-order valence-electron chi connectivity index (χ1n) is 4.63. The molecule has 0 aliphatic heterocycles. The molecule has 0 radical (unpaired) electrons. The van der Waals surface area contributed by atoms with Crippen LogP contribution in [0.2, 0.25) is 0 Å². The molecule has 1 rings (SSSR count). The molecule has 1 aromatic rings. The van der Waals surface area contributed by atoms with Crippen molar-refractivity contribution >= 4 is 35.7 Å². The van der Waals surface area contributed by atoms with E-state index in [-0.39, 0.29) is 6.07 Å². The van der Waals surface area contributed by atoms with Gasteiger partial charge in [0.15, 0.2) is 10.7 Å². The summed E-state index contributed by atoms with van der Waals surface area (Å²) in [5, 5.41) is -2.11. The highest BCUT2D eigenvalue weighted by Crippen LogP contribution is 2.39. The smallest absolute Gasteiger partial charge is 0.405 e. The Morgan fingerprint density at radius 1 is 1.24 bits per heavy atom. The zero-order chi connectivity index (χ0) is 16.6. The Morgan fingerprint density at radius 2 is 1.76 bits per heavy atom. The van der Waals surface area contributed by atoms with Gasteiger partial charge in [0, 0.05) is 27.6 Å². The molecule has 0 saturated heterocycles. The lowest BCUT2D eigenvalue weighted by atomic mass is 10.2. The number of pyridine rings is 1. The number of halogens is 8. The van der Waals surface area contributed by atoms with E-state index in [1.54, 1.807) is 0 Å². The average Bonchev–Trinajstić information content (AvgIpc) is 2.23. The van der Waals surface area contributed by atoms with E-state index < -0.39 is 49.0 Å². The van der Waals surface area contributed by atoms with Gasteiger partial charge in [-0.1, -0.05) is 15.9 Å². The molecule has 0 fully saturated rings. The molecule has 0 unspecified atom stereocenters. The first-order chi connectivity index (χ1) is 9.25. The lowest BCUT2D eigenvalue weighted by molar-refractivity contribution is -0.275. The fraction of sp³-hybridized carbons (Fsp3) is 0.375. The Bertz CT molecular complexity index is 645. The molecule has 0 saturated carbocycles. The molecule has 0 spiro atoms. The number of aromatic nitrogens is 1. The SMILES string of the molecule is O=S(=O)(Cl)c1cc(OC(F)(F)F)c(CBr)c(C(F)(F)F)n1. The van der Waals surface area contributed by atoms with Gasteiger partial charge in [-0.15, -0.1) is 13.2 Å². The van der Waals surface area contributed by atoms with E-state index >= 15 is 0 Å². The Hall–Kier alpha value is -0.750. The van der Waals surface area contributed by atoms with Crippen LogP contribution in [0.25, 0.3) is 0 Å². The van der Waals surface area contributed by atoms with Crippen LogP contribution in [0.15, 0.2) is 11.1 Å². The summed E-state index contributed by atoms with van der Waals surface area (Å²) in [4.78, 5) is 2.75. The van der Waals surface area contributed by atoms with Gasteiger partial charge in [-0.05, 0) is 0 Å². The first kappa shape index (κ1) is 18.3. The summed E-state index contributed by atoms with van der Waals surface area (Å²) in [6.45, 7) is 0. The molecule has 120 valence electrons. The predicted molar refractivity (Wildman–Crippen MR) is 61.6 cm³/mol. The molecule has 1 heterocycles. The summed E-state index contributed by atoms with van der Waals surface area (Å²) in [6, 6.07) is 0.168. The maximum absolute atomic E-state index is 12.8. The Balaban J connectivity index is 3.68. The molecule has 0 atom stereocenters. The summed E-state index contributed by atoms with van der Waals surface area (Å²) in [5.41, 5.74) is -2.86. The molecule has 0 N–H and O–H groups in total. The van der Waals surface area contributed by atoms with E-state index in [1.807, 2.05) is 0 Å². The van der Waals surface area contributed by atoms with Gasteiger partial charge in [0.2, 0.25) is 0 Å². The topological polar surface area (TPSA) is 56.3 Å². The van der Waals surface area contributed by atoms with Gasteiger partial charge in [0.1, 0.15) is 5.75 Å². The summed E-state index contributed by atoms with van der Waals surface area (Å²) < 4.78 is 100. The second-order valence-electron chi connectivity index (χ2n) is 3.40. The zero-order valence-electron chi connectivity index (χ0n) is 9.39. The second kappa shape index (κ2) is 5.80. The van der Waals surface area contributed by atoms with Gasteiger partial charge >= 0.3 is 12.5 Å². The van der Waals surface area contributed by atoms with Crippen LogP contribution in [-0.2, 0) is 20.6 Å². The van der Waals surface area contributed by atoms with Crippen molar-refractivity contribution in [3.63, 3.8) is 0 Å². The lowest BCUT2D eigenvalue weighted by Gasteiger charge is -2.17. The third-order valence-corrected chi connectivity index (χ3v) is 3.68. The molecule has 0 aromatic carbocycles.